The number of carbonyl (C=O) groups is 2. The molecular weight excluding hydrogens is 318 g/mol. The molecule has 1 rings (SSSR count). The van der Waals surface area contributed by atoms with Crippen LogP contribution in [0.15, 0.2) is 11.6 Å². The standard InChI is InChI=1S/C19H35NO3Si/c1-15-9-10-17(22)19(13-15,11-8-12-20-16(2)21)14-23-24(6,7)18(3,4)5/h13H,8-12,14H2,1-7H3,(H,20,21)/t19-/m0/s1. The molecule has 0 fully saturated rings. The normalized spacial score (nSPS) is 22.3. The maximum absolute atomic E-state index is 12.8. The second kappa shape index (κ2) is 7.96. The molecule has 138 valence electrons. The Balaban J connectivity index is 2.88. The van der Waals surface area contributed by atoms with E-state index in [4.69, 9.17) is 4.43 Å². The second-order valence-corrected chi connectivity index (χ2v) is 13.5. The highest BCUT2D eigenvalue weighted by Crippen LogP contribution is 2.41. The second-order valence-electron chi connectivity index (χ2n) is 8.71. The van der Waals surface area contributed by atoms with Crippen molar-refractivity contribution >= 4 is 20.0 Å². The van der Waals surface area contributed by atoms with E-state index in [1.807, 2.05) is 0 Å². The van der Waals surface area contributed by atoms with Crippen LogP contribution in [0.2, 0.25) is 18.1 Å². The predicted octanol–water partition coefficient (Wildman–Crippen LogP) is 4.22. The molecule has 1 atom stereocenters. The molecule has 0 heterocycles. The van der Waals surface area contributed by atoms with Crippen LogP contribution in [0.25, 0.3) is 0 Å². The molecule has 0 aromatic heterocycles. The Bertz CT molecular complexity index is 505. The van der Waals surface area contributed by atoms with Gasteiger partial charge in [-0.05, 0) is 44.3 Å². The van der Waals surface area contributed by atoms with E-state index in [1.165, 1.54) is 12.5 Å². The molecule has 0 saturated heterocycles. The van der Waals surface area contributed by atoms with Crippen LogP contribution in [0.5, 0.6) is 0 Å². The van der Waals surface area contributed by atoms with Crippen molar-refractivity contribution in [3.8, 4) is 0 Å². The van der Waals surface area contributed by atoms with E-state index in [-0.39, 0.29) is 16.7 Å². The summed E-state index contributed by atoms with van der Waals surface area (Å²) in [7, 11) is -1.90. The summed E-state index contributed by atoms with van der Waals surface area (Å²) >= 11 is 0. The van der Waals surface area contributed by atoms with Gasteiger partial charge in [-0.2, -0.15) is 0 Å². The zero-order valence-corrected chi connectivity index (χ0v) is 17.5. The number of amides is 1. The van der Waals surface area contributed by atoms with E-state index in [2.05, 4.69) is 52.2 Å². The molecular formula is C19H35NO3Si. The monoisotopic (exact) mass is 353 g/mol. The van der Waals surface area contributed by atoms with Crippen LogP contribution >= 0.6 is 0 Å². The van der Waals surface area contributed by atoms with Gasteiger partial charge in [0.2, 0.25) is 5.91 Å². The zero-order chi connectivity index (χ0) is 18.6. The van der Waals surface area contributed by atoms with Crippen molar-refractivity contribution in [3.05, 3.63) is 11.6 Å². The fourth-order valence-corrected chi connectivity index (χ4v) is 3.84. The summed E-state index contributed by atoms with van der Waals surface area (Å²) in [5.41, 5.74) is 0.754. The summed E-state index contributed by atoms with van der Waals surface area (Å²) in [4.78, 5) is 23.8. The minimum atomic E-state index is -1.90. The van der Waals surface area contributed by atoms with Gasteiger partial charge in [0.05, 0.1) is 5.41 Å². The van der Waals surface area contributed by atoms with Gasteiger partial charge in [0.1, 0.15) is 5.78 Å². The number of rotatable bonds is 7. The molecule has 1 aliphatic rings. The highest BCUT2D eigenvalue weighted by atomic mass is 28.4. The van der Waals surface area contributed by atoms with Gasteiger partial charge < -0.3 is 9.74 Å². The van der Waals surface area contributed by atoms with Crippen LogP contribution in [-0.2, 0) is 14.0 Å². The number of Topliss-reactive ketones (excluding diaryl/α,β-unsaturated/α-hetero) is 1. The molecule has 0 aromatic rings. The molecule has 0 aromatic carbocycles. The minimum absolute atomic E-state index is 0.0248. The number of nitrogens with one attached hydrogen (secondary N) is 1. The molecule has 0 saturated carbocycles. The Hall–Kier alpha value is -0.943. The van der Waals surface area contributed by atoms with Crippen LogP contribution in [-0.4, -0.2) is 33.2 Å². The maximum atomic E-state index is 12.8. The quantitative estimate of drug-likeness (QED) is 0.423. The zero-order valence-electron chi connectivity index (χ0n) is 16.5. The highest BCUT2D eigenvalue weighted by molar-refractivity contribution is 6.74. The Labute approximate surface area is 148 Å². The van der Waals surface area contributed by atoms with Crippen LogP contribution < -0.4 is 5.32 Å². The van der Waals surface area contributed by atoms with E-state index >= 15 is 0 Å². The first-order valence-electron chi connectivity index (χ1n) is 9.00. The predicted molar refractivity (Wildman–Crippen MR) is 101 cm³/mol. The first-order valence-corrected chi connectivity index (χ1v) is 11.9. The lowest BCUT2D eigenvalue weighted by atomic mass is 9.73. The molecule has 1 amide bonds. The van der Waals surface area contributed by atoms with Gasteiger partial charge in [-0.25, -0.2) is 0 Å². The largest absolute Gasteiger partial charge is 0.415 e. The number of allylic oxidation sites excluding steroid dienone is 1. The molecule has 1 aliphatic carbocycles. The van der Waals surface area contributed by atoms with Crippen LogP contribution in [0.1, 0.15) is 60.3 Å². The Morgan fingerprint density at radius 2 is 1.96 bits per heavy atom. The van der Waals surface area contributed by atoms with E-state index < -0.39 is 13.7 Å². The molecule has 4 nitrogen and oxygen atoms in total. The van der Waals surface area contributed by atoms with Gasteiger partial charge in [0.25, 0.3) is 0 Å². The van der Waals surface area contributed by atoms with Crippen molar-refractivity contribution in [3.63, 3.8) is 0 Å². The summed E-state index contributed by atoms with van der Waals surface area (Å²) in [6.45, 7) is 15.8. The van der Waals surface area contributed by atoms with Crippen molar-refractivity contribution in [1.29, 1.82) is 0 Å². The van der Waals surface area contributed by atoms with Crippen LogP contribution in [0.4, 0.5) is 0 Å². The van der Waals surface area contributed by atoms with E-state index in [0.717, 1.165) is 19.3 Å². The summed E-state index contributed by atoms with van der Waals surface area (Å²) < 4.78 is 6.42. The Morgan fingerprint density at radius 3 is 2.50 bits per heavy atom. The first-order chi connectivity index (χ1) is 10.9. The molecule has 0 radical (unpaired) electrons. The van der Waals surface area contributed by atoms with Crippen molar-refractivity contribution in [2.75, 3.05) is 13.2 Å². The fourth-order valence-electron chi connectivity index (χ4n) is 2.78. The maximum Gasteiger partial charge on any atom is 0.216 e. The third-order valence-corrected chi connectivity index (χ3v) is 9.97. The van der Waals surface area contributed by atoms with Gasteiger partial charge in [-0.15, -0.1) is 0 Å². The molecule has 24 heavy (non-hydrogen) atoms. The van der Waals surface area contributed by atoms with E-state index in [9.17, 15) is 9.59 Å². The van der Waals surface area contributed by atoms with Crippen molar-refractivity contribution < 1.29 is 14.0 Å². The number of hydrogen-bond donors (Lipinski definition) is 1. The lowest BCUT2D eigenvalue weighted by molar-refractivity contribution is -0.129. The summed E-state index contributed by atoms with van der Waals surface area (Å²) in [6.07, 6.45) is 5.11. The van der Waals surface area contributed by atoms with Crippen molar-refractivity contribution in [1.82, 2.24) is 5.32 Å². The van der Waals surface area contributed by atoms with E-state index in [0.29, 0.717) is 19.6 Å². The van der Waals surface area contributed by atoms with Crippen LogP contribution in [0.3, 0.4) is 0 Å². The smallest absolute Gasteiger partial charge is 0.216 e. The van der Waals surface area contributed by atoms with Crippen LogP contribution in [0, 0.1) is 5.41 Å². The number of ketones is 1. The summed E-state index contributed by atoms with van der Waals surface area (Å²) in [5, 5.41) is 2.95. The third kappa shape index (κ3) is 5.55. The lowest BCUT2D eigenvalue weighted by Crippen LogP contribution is -2.46. The lowest BCUT2D eigenvalue weighted by Gasteiger charge is -2.41. The first kappa shape index (κ1) is 21.1. The minimum Gasteiger partial charge on any atom is -0.415 e. The molecule has 0 unspecified atom stereocenters. The van der Waals surface area contributed by atoms with E-state index in [1.54, 1.807) is 0 Å². The Morgan fingerprint density at radius 1 is 1.33 bits per heavy atom. The van der Waals surface area contributed by atoms with Gasteiger partial charge in [0, 0.05) is 26.5 Å². The topological polar surface area (TPSA) is 55.4 Å². The Kier molecular flexibility index (Phi) is 7.00. The average molecular weight is 354 g/mol. The average Bonchev–Trinajstić information content (AvgIpc) is 2.44. The summed E-state index contributed by atoms with van der Waals surface area (Å²) in [5.74, 6) is 0.262. The van der Waals surface area contributed by atoms with Crippen molar-refractivity contribution in [2.45, 2.75) is 78.4 Å². The third-order valence-electron chi connectivity index (χ3n) is 5.49. The molecule has 1 N–H and O–H groups in total. The fraction of sp³-hybridized carbons (Fsp3) is 0.789. The molecule has 0 aliphatic heterocycles. The number of carbonyl (C=O) groups excluding carboxylic acids is 2. The molecule has 5 heteroatoms. The summed E-state index contributed by atoms with van der Waals surface area (Å²) in [6, 6.07) is 0. The highest BCUT2D eigenvalue weighted by Gasteiger charge is 2.43. The van der Waals surface area contributed by atoms with Crippen molar-refractivity contribution in [2.24, 2.45) is 5.41 Å². The molecule has 0 bridgehead atoms. The number of hydrogen-bond acceptors (Lipinski definition) is 3. The van der Waals surface area contributed by atoms with Gasteiger partial charge in [0.15, 0.2) is 8.32 Å². The van der Waals surface area contributed by atoms with Gasteiger partial charge >= 0.3 is 0 Å². The van der Waals surface area contributed by atoms with Gasteiger partial charge in [-0.3, -0.25) is 9.59 Å². The molecule has 0 spiro atoms. The van der Waals surface area contributed by atoms with Gasteiger partial charge in [-0.1, -0.05) is 32.4 Å². The SMILES string of the molecule is CC(=O)NCCC[C@@]1(CO[Si](C)(C)C(C)(C)C)C=C(C)CCC1=O.